The molecule has 106 valence electrons. The third-order valence-electron chi connectivity index (χ3n) is 3.83. The highest BCUT2D eigenvalue weighted by molar-refractivity contribution is 6.30. The van der Waals surface area contributed by atoms with Crippen LogP contribution < -0.4 is 5.32 Å². The molecule has 4 nitrogen and oxygen atoms in total. The molecule has 1 aliphatic rings. The molecular weight excluding hydrogens is 274 g/mol. The predicted molar refractivity (Wildman–Crippen MR) is 78.0 cm³/mol. The molecule has 20 heavy (non-hydrogen) atoms. The van der Waals surface area contributed by atoms with Crippen molar-refractivity contribution in [2.75, 3.05) is 6.54 Å². The Morgan fingerprint density at radius 2 is 2.05 bits per heavy atom. The largest absolute Gasteiger partial charge is 0.340 e. The lowest BCUT2D eigenvalue weighted by Gasteiger charge is -2.36. The van der Waals surface area contributed by atoms with Gasteiger partial charge in [0.1, 0.15) is 0 Å². The number of nitrogens with zero attached hydrogens (tertiary/aromatic N) is 2. The van der Waals surface area contributed by atoms with Crippen molar-refractivity contribution in [2.24, 2.45) is 0 Å². The average molecular weight is 292 g/mol. The Kier molecular flexibility index (Phi) is 4.03. The molecule has 3 rings (SSSR count). The van der Waals surface area contributed by atoms with E-state index >= 15 is 0 Å². The highest BCUT2D eigenvalue weighted by Gasteiger charge is 2.29. The van der Waals surface area contributed by atoms with E-state index in [1.165, 1.54) is 18.4 Å². The predicted octanol–water partition coefficient (Wildman–Crippen LogP) is 3.11. The molecule has 0 saturated heterocycles. The number of aryl methyl sites for hydroxylation is 1. The van der Waals surface area contributed by atoms with Crippen molar-refractivity contribution < 1.29 is 4.52 Å². The SMILES string of the molecule is Cc1nc(CCNC2CC(c3ccc(Cl)cc3)C2)no1. The summed E-state index contributed by atoms with van der Waals surface area (Å²) in [6.07, 6.45) is 3.19. The Morgan fingerprint density at radius 1 is 1.30 bits per heavy atom. The van der Waals surface area contributed by atoms with Crippen LogP contribution in [0.3, 0.4) is 0 Å². The minimum atomic E-state index is 0.601. The first-order valence-corrected chi connectivity index (χ1v) is 7.36. The highest BCUT2D eigenvalue weighted by atomic mass is 35.5. The van der Waals surface area contributed by atoms with Gasteiger partial charge in [0.05, 0.1) is 0 Å². The van der Waals surface area contributed by atoms with Crippen LogP contribution in [0.25, 0.3) is 0 Å². The molecular formula is C15H18ClN3O. The smallest absolute Gasteiger partial charge is 0.223 e. The van der Waals surface area contributed by atoms with E-state index in [9.17, 15) is 0 Å². The van der Waals surface area contributed by atoms with Gasteiger partial charge < -0.3 is 9.84 Å². The summed E-state index contributed by atoms with van der Waals surface area (Å²) in [5.41, 5.74) is 1.39. The van der Waals surface area contributed by atoms with E-state index in [0.717, 1.165) is 23.8 Å². The van der Waals surface area contributed by atoms with Crippen molar-refractivity contribution in [1.29, 1.82) is 0 Å². The third kappa shape index (κ3) is 3.19. The molecule has 1 aromatic heterocycles. The number of rotatable bonds is 5. The summed E-state index contributed by atoms with van der Waals surface area (Å²) in [5.74, 6) is 2.08. The van der Waals surface area contributed by atoms with Gasteiger partial charge in [0.15, 0.2) is 5.82 Å². The van der Waals surface area contributed by atoms with Crippen LogP contribution in [0, 0.1) is 6.92 Å². The Morgan fingerprint density at radius 3 is 2.70 bits per heavy atom. The molecule has 1 saturated carbocycles. The molecule has 0 atom stereocenters. The summed E-state index contributed by atoms with van der Waals surface area (Å²) < 4.78 is 4.95. The van der Waals surface area contributed by atoms with Gasteiger partial charge in [0, 0.05) is 31.0 Å². The molecule has 1 heterocycles. The summed E-state index contributed by atoms with van der Waals surface area (Å²) in [6.45, 7) is 2.71. The number of benzene rings is 1. The van der Waals surface area contributed by atoms with Gasteiger partial charge in [-0.3, -0.25) is 0 Å². The van der Waals surface area contributed by atoms with Crippen LogP contribution in [0.15, 0.2) is 28.8 Å². The second kappa shape index (κ2) is 5.94. The maximum atomic E-state index is 5.90. The van der Waals surface area contributed by atoms with Crippen molar-refractivity contribution in [3.63, 3.8) is 0 Å². The monoisotopic (exact) mass is 291 g/mol. The molecule has 1 fully saturated rings. The van der Waals surface area contributed by atoms with Crippen LogP contribution >= 0.6 is 11.6 Å². The first kappa shape index (κ1) is 13.6. The van der Waals surface area contributed by atoms with Gasteiger partial charge in [0.2, 0.25) is 5.89 Å². The molecule has 1 aliphatic carbocycles. The number of hydrogen-bond donors (Lipinski definition) is 1. The van der Waals surface area contributed by atoms with Crippen LogP contribution in [-0.4, -0.2) is 22.7 Å². The molecule has 0 radical (unpaired) electrons. The first-order chi connectivity index (χ1) is 9.70. The fourth-order valence-electron chi connectivity index (χ4n) is 2.62. The number of aromatic nitrogens is 2. The molecule has 0 unspecified atom stereocenters. The standard InChI is InChI=1S/C15H18ClN3O/c1-10-18-15(19-20-10)6-7-17-14-8-12(9-14)11-2-4-13(16)5-3-11/h2-5,12,14,17H,6-9H2,1H3. The van der Waals surface area contributed by atoms with Gasteiger partial charge in [-0.2, -0.15) is 4.98 Å². The van der Waals surface area contributed by atoms with Crippen LogP contribution in [-0.2, 0) is 6.42 Å². The maximum absolute atomic E-state index is 5.90. The van der Waals surface area contributed by atoms with E-state index in [1.807, 2.05) is 19.1 Å². The van der Waals surface area contributed by atoms with Crippen LogP contribution in [0.4, 0.5) is 0 Å². The lowest BCUT2D eigenvalue weighted by atomic mass is 9.76. The zero-order valence-electron chi connectivity index (χ0n) is 11.5. The van der Waals surface area contributed by atoms with Crippen LogP contribution in [0.5, 0.6) is 0 Å². The Bertz CT molecular complexity index is 561. The van der Waals surface area contributed by atoms with Gasteiger partial charge in [-0.05, 0) is 36.5 Å². The maximum Gasteiger partial charge on any atom is 0.223 e. The van der Waals surface area contributed by atoms with Crippen molar-refractivity contribution in [1.82, 2.24) is 15.5 Å². The van der Waals surface area contributed by atoms with Gasteiger partial charge in [-0.25, -0.2) is 0 Å². The minimum absolute atomic E-state index is 0.601. The summed E-state index contributed by atoms with van der Waals surface area (Å²) in [6, 6.07) is 8.80. The van der Waals surface area contributed by atoms with Crippen molar-refractivity contribution >= 4 is 11.6 Å². The summed E-state index contributed by atoms with van der Waals surface area (Å²) >= 11 is 5.90. The summed E-state index contributed by atoms with van der Waals surface area (Å²) in [7, 11) is 0. The van der Waals surface area contributed by atoms with E-state index in [4.69, 9.17) is 16.1 Å². The van der Waals surface area contributed by atoms with Crippen molar-refractivity contribution in [3.05, 3.63) is 46.6 Å². The van der Waals surface area contributed by atoms with Gasteiger partial charge >= 0.3 is 0 Å². The number of nitrogens with one attached hydrogen (secondary N) is 1. The molecule has 1 N–H and O–H groups in total. The van der Waals surface area contributed by atoms with Gasteiger partial charge in [-0.1, -0.05) is 28.9 Å². The number of hydrogen-bond acceptors (Lipinski definition) is 4. The molecule has 0 spiro atoms. The first-order valence-electron chi connectivity index (χ1n) is 6.99. The Balaban J connectivity index is 1.39. The molecule has 0 bridgehead atoms. The summed E-state index contributed by atoms with van der Waals surface area (Å²) in [4.78, 5) is 4.19. The second-order valence-electron chi connectivity index (χ2n) is 5.35. The lowest BCUT2D eigenvalue weighted by molar-refractivity contribution is 0.291. The van der Waals surface area contributed by atoms with Crippen molar-refractivity contribution in [2.45, 2.75) is 38.1 Å². The highest BCUT2D eigenvalue weighted by Crippen LogP contribution is 2.37. The van der Waals surface area contributed by atoms with Crippen molar-refractivity contribution in [3.8, 4) is 0 Å². The summed E-state index contributed by atoms with van der Waals surface area (Å²) in [5, 5.41) is 8.23. The normalized spacial score (nSPS) is 21.7. The van der Waals surface area contributed by atoms with E-state index in [2.05, 4.69) is 27.6 Å². The quantitative estimate of drug-likeness (QED) is 0.919. The zero-order valence-corrected chi connectivity index (χ0v) is 12.2. The minimum Gasteiger partial charge on any atom is -0.340 e. The second-order valence-corrected chi connectivity index (χ2v) is 5.79. The Hall–Kier alpha value is -1.39. The Labute approximate surface area is 123 Å². The third-order valence-corrected chi connectivity index (χ3v) is 4.08. The van der Waals surface area contributed by atoms with E-state index < -0.39 is 0 Å². The van der Waals surface area contributed by atoms with E-state index in [0.29, 0.717) is 17.9 Å². The lowest BCUT2D eigenvalue weighted by Crippen LogP contribution is -2.41. The fraction of sp³-hybridized carbons (Fsp3) is 0.467. The number of halogens is 1. The topological polar surface area (TPSA) is 51.0 Å². The van der Waals surface area contributed by atoms with Crippen LogP contribution in [0.1, 0.15) is 36.0 Å². The van der Waals surface area contributed by atoms with Crippen LogP contribution in [0.2, 0.25) is 5.02 Å². The molecule has 2 aromatic rings. The molecule has 0 amide bonds. The van der Waals surface area contributed by atoms with E-state index in [-0.39, 0.29) is 0 Å². The van der Waals surface area contributed by atoms with E-state index in [1.54, 1.807) is 0 Å². The van der Waals surface area contributed by atoms with Gasteiger partial charge in [0.25, 0.3) is 0 Å². The molecule has 5 heteroatoms. The molecule has 1 aromatic carbocycles. The fourth-order valence-corrected chi connectivity index (χ4v) is 2.75. The molecule has 0 aliphatic heterocycles. The van der Waals surface area contributed by atoms with Gasteiger partial charge in [-0.15, -0.1) is 0 Å². The zero-order chi connectivity index (χ0) is 13.9. The average Bonchev–Trinajstić information content (AvgIpc) is 2.80.